The van der Waals surface area contributed by atoms with Gasteiger partial charge < -0.3 is 15.9 Å². The molecule has 5 N–H and O–H groups in total. The molecule has 0 spiro atoms. The molecule has 0 saturated carbocycles. The van der Waals surface area contributed by atoms with Gasteiger partial charge in [-0.25, -0.2) is 0 Å². The van der Waals surface area contributed by atoms with E-state index < -0.39 is 12.3 Å². The Bertz CT molecular complexity index is 89.0. The second-order valence-corrected chi connectivity index (χ2v) is 2.35. The summed E-state index contributed by atoms with van der Waals surface area (Å²) >= 11 is 0. The van der Waals surface area contributed by atoms with E-state index >= 15 is 0 Å². The van der Waals surface area contributed by atoms with Crippen LogP contribution in [-0.4, -0.2) is 35.1 Å². The Hall–Kier alpha value is -0.160. The normalized spacial score (nSPS) is 43.7. The molecule has 0 amide bonds. The Balaban J connectivity index is 2.35. The number of hydrogen-bond acceptors (Lipinski definition) is 4. The van der Waals surface area contributed by atoms with Crippen LogP contribution in [0.15, 0.2) is 0 Å². The summed E-state index contributed by atoms with van der Waals surface area (Å²) in [6, 6.07) is 0.0787. The molecule has 3 unspecified atom stereocenters. The van der Waals surface area contributed by atoms with E-state index in [0.29, 0.717) is 13.0 Å². The number of aliphatic hydroxyl groups is 2. The average Bonchev–Trinajstić information content (AvgIpc) is 2.13. The van der Waals surface area contributed by atoms with Crippen LogP contribution in [0.25, 0.3) is 0 Å². The van der Waals surface area contributed by atoms with Gasteiger partial charge in [-0.2, -0.15) is 0 Å². The van der Waals surface area contributed by atoms with Crippen molar-refractivity contribution in [2.24, 2.45) is 5.73 Å². The van der Waals surface area contributed by atoms with E-state index in [-0.39, 0.29) is 6.04 Å². The first-order chi connectivity index (χ1) is 4.24. The number of rotatable bonds is 1. The van der Waals surface area contributed by atoms with Crippen LogP contribution in [0.1, 0.15) is 6.42 Å². The van der Waals surface area contributed by atoms with Crippen LogP contribution in [0.4, 0.5) is 0 Å². The van der Waals surface area contributed by atoms with Gasteiger partial charge in [0.15, 0.2) is 0 Å². The van der Waals surface area contributed by atoms with Crippen LogP contribution in [0.5, 0.6) is 0 Å². The maximum Gasteiger partial charge on any atom is 0.131 e. The van der Waals surface area contributed by atoms with Gasteiger partial charge in [0, 0.05) is 12.6 Å². The van der Waals surface area contributed by atoms with Gasteiger partial charge in [0.1, 0.15) is 6.23 Å². The molecule has 1 fully saturated rings. The van der Waals surface area contributed by atoms with Crippen LogP contribution in [0, 0.1) is 0 Å². The standard InChI is InChI=1S/C5H12N2O2/c6-2-3-1-4(8)5(9)7-3/h3-5,7-9H,1-2,6H2. The molecular weight excluding hydrogens is 120 g/mol. The van der Waals surface area contributed by atoms with Crippen molar-refractivity contribution in [2.75, 3.05) is 6.54 Å². The average molecular weight is 132 g/mol. The summed E-state index contributed by atoms with van der Waals surface area (Å²) < 4.78 is 0. The minimum absolute atomic E-state index is 0.0787. The van der Waals surface area contributed by atoms with E-state index in [2.05, 4.69) is 5.32 Å². The molecule has 3 atom stereocenters. The van der Waals surface area contributed by atoms with Gasteiger partial charge >= 0.3 is 0 Å². The van der Waals surface area contributed by atoms with Gasteiger partial charge in [-0.1, -0.05) is 0 Å². The zero-order valence-electron chi connectivity index (χ0n) is 5.12. The summed E-state index contributed by atoms with van der Waals surface area (Å²) in [6.45, 7) is 0.466. The Labute approximate surface area is 53.7 Å². The largest absolute Gasteiger partial charge is 0.389 e. The summed E-state index contributed by atoms with van der Waals surface area (Å²) in [4.78, 5) is 0. The van der Waals surface area contributed by atoms with Gasteiger partial charge in [0.05, 0.1) is 6.10 Å². The van der Waals surface area contributed by atoms with Crippen LogP contribution in [0.2, 0.25) is 0 Å². The fourth-order valence-electron chi connectivity index (χ4n) is 1.01. The van der Waals surface area contributed by atoms with Crippen molar-refractivity contribution >= 4 is 0 Å². The van der Waals surface area contributed by atoms with Gasteiger partial charge in [-0.15, -0.1) is 0 Å². The summed E-state index contributed by atoms with van der Waals surface area (Å²) in [7, 11) is 0. The molecule has 0 aromatic heterocycles. The second-order valence-electron chi connectivity index (χ2n) is 2.35. The van der Waals surface area contributed by atoms with Crippen molar-refractivity contribution < 1.29 is 10.2 Å². The van der Waals surface area contributed by atoms with Crippen molar-refractivity contribution in [3.8, 4) is 0 Å². The molecule has 0 aliphatic carbocycles. The third kappa shape index (κ3) is 1.40. The molecule has 4 heteroatoms. The molecule has 4 nitrogen and oxygen atoms in total. The topological polar surface area (TPSA) is 78.5 Å². The molecule has 1 aliphatic rings. The Kier molecular flexibility index (Phi) is 2.02. The summed E-state index contributed by atoms with van der Waals surface area (Å²) in [6.07, 6.45) is -0.866. The molecule has 1 heterocycles. The van der Waals surface area contributed by atoms with Crippen LogP contribution in [0.3, 0.4) is 0 Å². The Morgan fingerprint density at radius 2 is 2.22 bits per heavy atom. The molecule has 0 aromatic carbocycles. The van der Waals surface area contributed by atoms with E-state index in [0.717, 1.165) is 0 Å². The molecule has 0 radical (unpaired) electrons. The minimum atomic E-state index is -0.779. The first-order valence-corrected chi connectivity index (χ1v) is 3.06. The number of aliphatic hydroxyl groups excluding tert-OH is 2. The van der Waals surface area contributed by atoms with Gasteiger partial charge in [-0.3, -0.25) is 5.32 Å². The zero-order valence-corrected chi connectivity index (χ0v) is 5.12. The predicted octanol–water partition coefficient (Wildman–Crippen LogP) is -2.01. The SMILES string of the molecule is NCC1CC(O)C(O)N1. The van der Waals surface area contributed by atoms with Crippen molar-refractivity contribution in [3.05, 3.63) is 0 Å². The van der Waals surface area contributed by atoms with Crippen LogP contribution < -0.4 is 11.1 Å². The molecular formula is C5H12N2O2. The quantitative estimate of drug-likeness (QED) is 0.332. The fourth-order valence-corrected chi connectivity index (χ4v) is 1.01. The molecule has 54 valence electrons. The van der Waals surface area contributed by atoms with Gasteiger partial charge in [-0.05, 0) is 6.42 Å². The third-order valence-electron chi connectivity index (χ3n) is 1.58. The maximum atomic E-state index is 8.93. The predicted molar refractivity (Wildman–Crippen MR) is 32.6 cm³/mol. The van der Waals surface area contributed by atoms with E-state index in [1.54, 1.807) is 0 Å². The van der Waals surface area contributed by atoms with E-state index in [4.69, 9.17) is 15.9 Å². The summed E-state index contributed by atoms with van der Waals surface area (Å²) in [5, 5.41) is 20.5. The highest BCUT2D eigenvalue weighted by Gasteiger charge is 2.29. The van der Waals surface area contributed by atoms with Crippen molar-refractivity contribution in [2.45, 2.75) is 24.8 Å². The number of nitrogens with one attached hydrogen (secondary N) is 1. The van der Waals surface area contributed by atoms with Gasteiger partial charge in [0.25, 0.3) is 0 Å². The van der Waals surface area contributed by atoms with Crippen LogP contribution >= 0.6 is 0 Å². The molecule has 9 heavy (non-hydrogen) atoms. The van der Waals surface area contributed by atoms with Crippen molar-refractivity contribution in [1.29, 1.82) is 0 Å². The minimum Gasteiger partial charge on any atom is -0.389 e. The summed E-state index contributed by atoms with van der Waals surface area (Å²) in [5.41, 5.74) is 5.27. The lowest BCUT2D eigenvalue weighted by Gasteiger charge is -2.06. The lowest BCUT2D eigenvalue weighted by atomic mass is 10.2. The summed E-state index contributed by atoms with van der Waals surface area (Å²) in [5.74, 6) is 0. The van der Waals surface area contributed by atoms with Crippen LogP contribution in [-0.2, 0) is 0 Å². The van der Waals surface area contributed by atoms with Crippen molar-refractivity contribution in [3.63, 3.8) is 0 Å². The molecule has 1 aliphatic heterocycles. The lowest BCUT2D eigenvalue weighted by Crippen LogP contribution is -2.36. The van der Waals surface area contributed by atoms with E-state index in [1.165, 1.54) is 0 Å². The fraction of sp³-hybridized carbons (Fsp3) is 1.00. The molecule has 1 rings (SSSR count). The second kappa shape index (κ2) is 2.62. The number of nitrogens with two attached hydrogens (primary N) is 1. The lowest BCUT2D eigenvalue weighted by molar-refractivity contribution is 0.0316. The zero-order chi connectivity index (χ0) is 6.85. The molecule has 0 aromatic rings. The third-order valence-corrected chi connectivity index (χ3v) is 1.58. The van der Waals surface area contributed by atoms with Crippen molar-refractivity contribution in [1.82, 2.24) is 5.32 Å². The first kappa shape index (κ1) is 6.95. The van der Waals surface area contributed by atoms with E-state index in [1.807, 2.05) is 0 Å². The van der Waals surface area contributed by atoms with Gasteiger partial charge in [0.2, 0.25) is 0 Å². The smallest absolute Gasteiger partial charge is 0.131 e. The monoisotopic (exact) mass is 132 g/mol. The Morgan fingerprint density at radius 3 is 2.44 bits per heavy atom. The number of hydrogen-bond donors (Lipinski definition) is 4. The highest BCUT2D eigenvalue weighted by Crippen LogP contribution is 2.09. The Morgan fingerprint density at radius 1 is 1.56 bits per heavy atom. The first-order valence-electron chi connectivity index (χ1n) is 3.06. The molecule has 0 bridgehead atoms. The highest BCUT2D eigenvalue weighted by molar-refractivity contribution is 4.84. The highest BCUT2D eigenvalue weighted by atomic mass is 16.3. The van der Waals surface area contributed by atoms with E-state index in [9.17, 15) is 0 Å². The maximum absolute atomic E-state index is 8.93. The molecule has 1 saturated heterocycles.